The number of benzene rings is 3. The van der Waals surface area contributed by atoms with E-state index in [4.69, 9.17) is 0 Å². The van der Waals surface area contributed by atoms with E-state index in [2.05, 4.69) is 24.5 Å². The first-order valence-corrected chi connectivity index (χ1v) is 8.91. The van der Waals surface area contributed by atoms with Crippen LogP contribution in [0, 0.1) is 0 Å². The largest absolute Gasteiger partial charge is 0.322 e. The fourth-order valence-corrected chi connectivity index (χ4v) is 2.72. The van der Waals surface area contributed by atoms with E-state index in [1.165, 1.54) is 5.56 Å². The number of carbonyl (C=O) groups is 2. The van der Waals surface area contributed by atoms with Crippen molar-refractivity contribution in [3.63, 3.8) is 0 Å². The third-order valence-corrected chi connectivity index (χ3v) is 4.29. The van der Waals surface area contributed by atoms with Crippen LogP contribution in [-0.4, -0.2) is 11.8 Å². The lowest BCUT2D eigenvalue weighted by molar-refractivity contribution is 0.102. The minimum absolute atomic E-state index is 0.253. The van der Waals surface area contributed by atoms with Crippen molar-refractivity contribution in [2.75, 3.05) is 10.6 Å². The van der Waals surface area contributed by atoms with E-state index >= 15 is 0 Å². The van der Waals surface area contributed by atoms with Crippen LogP contribution in [0.15, 0.2) is 78.9 Å². The van der Waals surface area contributed by atoms with E-state index in [1.54, 1.807) is 48.5 Å². The van der Waals surface area contributed by atoms with Gasteiger partial charge in [0, 0.05) is 11.3 Å². The maximum Gasteiger partial charge on any atom is 0.257 e. The fourth-order valence-electron chi connectivity index (χ4n) is 2.72. The standard InChI is InChI=1S/C23H22N2O2/c1-16(2)17-12-14-19(15-13-17)24-23(27)20-10-6-7-11-21(20)25-22(26)18-8-4-3-5-9-18/h3-16H,1-2H3,(H,24,27)(H,25,26). The Labute approximate surface area is 159 Å². The molecular weight excluding hydrogens is 336 g/mol. The summed E-state index contributed by atoms with van der Waals surface area (Å²) >= 11 is 0. The summed E-state index contributed by atoms with van der Waals surface area (Å²) in [5.41, 5.74) is 3.35. The van der Waals surface area contributed by atoms with E-state index in [9.17, 15) is 9.59 Å². The van der Waals surface area contributed by atoms with Crippen LogP contribution >= 0.6 is 0 Å². The molecule has 27 heavy (non-hydrogen) atoms. The van der Waals surface area contributed by atoms with Crippen LogP contribution in [0.1, 0.15) is 46.0 Å². The van der Waals surface area contributed by atoms with Crippen LogP contribution in [0.3, 0.4) is 0 Å². The molecule has 0 aliphatic carbocycles. The Balaban J connectivity index is 1.76. The Morgan fingerprint density at radius 2 is 1.33 bits per heavy atom. The van der Waals surface area contributed by atoms with Crippen molar-refractivity contribution in [3.8, 4) is 0 Å². The Bertz CT molecular complexity index is 932. The monoisotopic (exact) mass is 358 g/mol. The Kier molecular flexibility index (Phi) is 5.67. The minimum atomic E-state index is -0.267. The van der Waals surface area contributed by atoms with Crippen molar-refractivity contribution in [1.82, 2.24) is 0 Å². The highest BCUT2D eigenvalue weighted by molar-refractivity contribution is 6.12. The summed E-state index contributed by atoms with van der Waals surface area (Å²) < 4.78 is 0. The molecule has 3 aromatic carbocycles. The lowest BCUT2D eigenvalue weighted by Crippen LogP contribution is -2.18. The maximum atomic E-state index is 12.7. The highest BCUT2D eigenvalue weighted by Gasteiger charge is 2.14. The van der Waals surface area contributed by atoms with Crippen molar-refractivity contribution in [2.24, 2.45) is 0 Å². The van der Waals surface area contributed by atoms with Crippen LogP contribution < -0.4 is 10.6 Å². The molecule has 4 nitrogen and oxygen atoms in total. The molecule has 0 aliphatic rings. The van der Waals surface area contributed by atoms with Crippen LogP contribution in [0.25, 0.3) is 0 Å². The summed E-state index contributed by atoms with van der Waals surface area (Å²) in [7, 11) is 0. The van der Waals surface area contributed by atoms with Gasteiger partial charge in [0.15, 0.2) is 0 Å². The molecule has 4 heteroatoms. The van der Waals surface area contributed by atoms with E-state index in [0.29, 0.717) is 28.4 Å². The summed E-state index contributed by atoms with van der Waals surface area (Å²) in [4.78, 5) is 25.1. The molecule has 0 bridgehead atoms. The van der Waals surface area contributed by atoms with Crippen LogP contribution in [-0.2, 0) is 0 Å². The van der Waals surface area contributed by atoms with Crippen molar-refractivity contribution < 1.29 is 9.59 Å². The van der Waals surface area contributed by atoms with Gasteiger partial charge in [-0.25, -0.2) is 0 Å². The van der Waals surface area contributed by atoms with Crippen molar-refractivity contribution >= 4 is 23.2 Å². The molecule has 0 unspecified atom stereocenters. The molecule has 0 radical (unpaired) electrons. The molecule has 0 fully saturated rings. The Hall–Kier alpha value is -3.40. The Morgan fingerprint density at radius 3 is 2.00 bits per heavy atom. The van der Waals surface area contributed by atoms with Gasteiger partial charge in [-0.1, -0.05) is 56.3 Å². The van der Waals surface area contributed by atoms with Crippen LogP contribution in [0.2, 0.25) is 0 Å². The van der Waals surface area contributed by atoms with Gasteiger partial charge in [-0.15, -0.1) is 0 Å². The second-order valence-electron chi connectivity index (χ2n) is 6.60. The first-order chi connectivity index (χ1) is 13.0. The van der Waals surface area contributed by atoms with E-state index in [0.717, 1.165) is 0 Å². The SMILES string of the molecule is CC(C)c1ccc(NC(=O)c2ccccc2NC(=O)c2ccccc2)cc1. The van der Waals surface area contributed by atoms with Crippen molar-refractivity contribution in [3.05, 3.63) is 95.6 Å². The third kappa shape index (κ3) is 4.61. The topological polar surface area (TPSA) is 58.2 Å². The number of nitrogens with one attached hydrogen (secondary N) is 2. The maximum absolute atomic E-state index is 12.7. The summed E-state index contributed by atoms with van der Waals surface area (Å²) in [6.45, 7) is 4.25. The molecule has 0 aliphatic heterocycles. The lowest BCUT2D eigenvalue weighted by atomic mass is 10.0. The second kappa shape index (κ2) is 8.32. The average molecular weight is 358 g/mol. The van der Waals surface area contributed by atoms with Gasteiger partial charge in [-0.3, -0.25) is 9.59 Å². The van der Waals surface area contributed by atoms with E-state index < -0.39 is 0 Å². The first-order valence-electron chi connectivity index (χ1n) is 8.91. The zero-order valence-corrected chi connectivity index (χ0v) is 15.4. The zero-order chi connectivity index (χ0) is 19.2. The van der Waals surface area contributed by atoms with Gasteiger partial charge in [-0.2, -0.15) is 0 Å². The molecule has 0 heterocycles. The third-order valence-electron chi connectivity index (χ3n) is 4.29. The first kappa shape index (κ1) is 18.4. The predicted octanol–water partition coefficient (Wildman–Crippen LogP) is 5.31. The molecule has 136 valence electrons. The van der Waals surface area contributed by atoms with Gasteiger partial charge < -0.3 is 10.6 Å². The number of hydrogen-bond acceptors (Lipinski definition) is 2. The van der Waals surface area contributed by atoms with Gasteiger partial charge >= 0.3 is 0 Å². The predicted molar refractivity (Wildman–Crippen MR) is 109 cm³/mol. The number of carbonyl (C=O) groups excluding carboxylic acids is 2. The minimum Gasteiger partial charge on any atom is -0.322 e. The Morgan fingerprint density at radius 1 is 0.704 bits per heavy atom. The highest BCUT2D eigenvalue weighted by Crippen LogP contribution is 2.20. The van der Waals surface area contributed by atoms with Crippen molar-refractivity contribution in [1.29, 1.82) is 0 Å². The second-order valence-corrected chi connectivity index (χ2v) is 6.60. The molecule has 0 spiro atoms. The highest BCUT2D eigenvalue weighted by atomic mass is 16.2. The molecule has 0 saturated carbocycles. The zero-order valence-electron chi connectivity index (χ0n) is 15.4. The van der Waals surface area contributed by atoms with Gasteiger partial charge in [-0.05, 0) is 47.9 Å². The molecular formula is C23H22N2O2. The number of amides is 2. The fraction of sp³-hybridized carbons (Fsp3) is 0.130. The molecule has 2 N–H and O–H groups in total. The summed E-state index contributed by atoms with van der Waals surface area (Å²) in [5, 5.41) is 5.71. The molecule has 0 atom stereocenters. The number of para-hydroxylation sites is 1. The quantitative estimate of drug-likeness (QED) is 0.649. The van der Waals surface area contributed by atoms with Crippen molar-refractivity contribution in [2.45, 2.75) is 19.8 Å². The van der Waals surface area contributed by atoms with Gasteiger partial charge in [0.05, 0.1) is 11.3 Å². The lowest BCUT2D eigenvalue weighted by Gasteiger charge is -2.12. The van der Waals surface area contributed by atoms with E-state index in [1.807, 2.05) is 30.3 Å². The van der Waals surface area contributed by atoms with Gasteiger partial charge in [0.1, 0.15) is 0 Å². The number of rotatable bonds is 5. The van der Waals surface area contributed by atoms with E-state index in [-0.39, 0.29) is 11.8 Å². The van der Waals surface area contributed by atoms with Gasteiger partial charge in [0.2, 0.25) is 0 Å². The molecule has 0 saturated heterocycles. The normalized spacial score (nSPS) is 10.5. The van der Waals surface area contributed by atoms with Gasteiger partial charge in [0.25, 0.3) is 11.8 Å². The number of anilines is 2. The smallest absolute Gasteiger partial charge is 0.257 e. The van der Waals surface area contributed by atoms with Crippen LogP contribution in [0.5, 0.6) is 0 Å². The average Bonchev–Trinajstić information content (AvgIpc) is 2.69. The summed E-state index contributed by atoms with van der Waals surface area (Å²) in [5.74, 6) is -0.0860. The molecule has 2 amide bonds. The molecule has 3 aromatic rings. The molecule has 0 aromatic heterocycles. The summed E-state index contributed by atoms with van der Waals surface area (Å²) in [6.07, 6.45) is 0. The summed E-state index contributed by atoms with van der Waals surface area (Å²) in [6, 6.07) is 23.7. The van der Waals surface area contributed by atoms with Crippen LogP contribution in [0.4, 0.5) is 11.4 Å². The number of hydrogen-bond donors (Lipinski definition) is 2. The molecule has 3 rings (SSSR count).